The Morgan fingerprint density at radius 3 is 2.31 bits per heavy atom. The molecule has 1 aromatic heterocycles. The number of amides is 1. The van der Waals surface area contributed by atoms with Crippen molar-refractivity contribution in [3.8, 4) is 29.0 Å². The van der Waals surface area contributed by atoms with Crippen LogP contribution in [0.2, 0.25) is 0 Å². The lowest BCUT2D eigenvalue weighted by Gasteiger charge is -2.05. The minimum atomic E-state index is -0.423. The van der Waals surface area contributed by atoms with Crippen molar-refractivity contribution in [2.24, 2.45) is 0 Å². The van der Waals surface area contributed by atoms with Gasteiger partial charge in [-0.25, -0.2) is 0 Å². The maximum absolute atomic E-state index is 12.2. The van der Waals surface area contributed by atoms with Crippen LogP contribution in [0.1, 0.15) is 15.9 Å². The fraction of sp³-hybridized carbons (Fsp3) is 0.111. The van der Waals surface area contributed by atoms with Gasteiger partial charge >= 0.3 is 6.01 Å². The molecule has 0 fully saturated rings. The predicted octanol–water partition coefficient (Wildman–Crippen LogP) is 2.88. The molecule has 1 heterocycles. The Labute approximate surface area is 149 Å². The van der Waals surface area contributed by atoms with E-state index < -0.39 is 5.91 Å². The van der Waals surface area contributed by atoms with Crippen molar-refractivity contribution >= 4 is 11.9 Å². The highest BCUT2D eigenvalue weighted by atomic mass is 16.5. The molecular formula is C18H14N4O4. The number of nitrogens with one attached hydrogen (secondary N) is 1. The molecule has 0 aliphatic rings. The minimum absolute atomic E-state index is 0.0452. The van der Waals surface area contributed by atoms with Gasteiger partial charge in [-0.1, -0.05) is 5.10 Å². The van der Waals surface area contributed by atoms with Gasteiger partial charge < -0.3 is 13.9 Å². The fourth-order valence-corrected chi connectivity index (χ4v) is 2.19. The lowest BCUT2D eigenvalue weighted by Crippen LogP contribution is -2.11. The zero-order valence-electron chi connectivity index (χ0n) is 14.0. The highest BCUT2D eigenvalue weighted by molar-refractivity contribution is 6.03. The molecule has 0 saturated heterocycles. The van der Waals surface area contributed by atoms with Gasteiger partial charge in [-0.3, -0.25) is 10.1 Å². The molecule has 0 aliphatic heterocycles. The number of rotatable bonds is 5. The van der Waals surface area contributed by atoms with Crippen molar-refractivity contribution in [1.82, 2.24) is 10.2 Å². The van der Waals surface area contributed by atoms with Gasteiger partial charge in [0.1, 0.15) is 11.5 Å². The third kappa shape index (κ3) is 3.62. The van der Waals surface area contributed by atoms with Gasteiger partial charge in [0.25, 0.3) is 5.91 Å². The van der Waals surface area contributed by atoms with E-state index in [0.717, 1.165) is 0 Å². The second-order valence-corrected chi connectivity index (χ2v) is 5.16. The van der Waals surface area contributed by atoms with Gasteiger partial charge in [-0.2, -0.15) is 5.26 Å². The molecule has 1 N–H and O–H groups in total. The highest BCUT2D eigenvalue weighted by Crippen LogP contribution is 2.29. The number of benzene rings is 2. The van der Waals surface area contributed by atoms with Crippen LogP contribution < -0.4 is 14.8 Å². The molecule has 0 aliphatic carbocycles. The smallest absolute Gasteiger partial charge is 0.322 e. The fourth-order valence-electron chi connectivity index (χ4n) is 2.19. The highest BCUT2D eigenvalue weighted by Gasteiger charge is 2.14. The van der Waals surface area contributed by atoms with Gasteiger partial charge in [0, 0.05) is 17.2 Å². The third-order valence-corrected chi connectivity index (χ3v) is 3.52. The molecule has 0 atom stereocenters. The molecule has 0 spiro atoms. The largest absolute Gasteiger partial charge is 0.497 e. The van der Waals surface area contributed by atoms with Crippen LogP contribution in [0.3, 0.4) is 0 Å². The van der Waals surface area contributed by atoms with Gasteiger partial charge in [0.15, 0.2) is 0 Å². The van der Waals surface area contributed by atoms with Crippen LogP contribution in [0, 0.1) is 11.3 Å². The summed E-state index contributed by atoms with van der Waals surface area (Å²) in [5.74, 6) is 0.923. The summed E-state index contributed by atoms with van der Waals surface area (Å²) in [6.45, 7) is 0. The minimum Gasteiger partial charge on any atom is -0.497 e. The molecule has 130 valence electrons. The van der Waals surface area contributed by atoms with Crippen LogP contribution in [0.25, 0.3) is 11.5 Å². The normalized spacial score (nSPS) is 10.0. The first-order valence-electron chi connectivity index (χ1n) is 7.51. The molecule has 8 heteroatoms. The summed E-state index contributed by atoms with van der Waals surface area (Å²) in [5, 5.41) is 19.1. The van der Waals surface area contributed by atoms with Crippen LogP contribution in [-0.2, 0) is 0 Å². The van der Waals surface area contributed by atoms with E-state index in [1.54, 1.807) is 30.3 Å². The number of methoxy groups -OCH3 is 2. The monoisotopic (exact) mass is 350 g/mol. The van der Waals surface area contributed by atoms with E-state index in [1.165, 1.54) is 26.4 Å². The van der Waals surface area contributed by atoms with Crippen LogP contribution in [0.4, 0.5) is 6.01 Å². The molecule has 8 nitrogen and oxygen atoms in total. The summed E-state index contributed by atoms with van der Waals surface area (Å²) in [6.07, 6.45) is 0. The average molecular weight is 350 g/mol. The number of carbonyl (C=O) groups excluding carboxylic acids is 1. The quantitative estimate of drug-likeness (QED) is 0.753. The van der Waals surface area contributed by atoms with Gasteiger partial charge in [0.05, 0.1) is 25.9 Å². The standard InChI is InChI=1S/C18H14N4O4/c1-24-14-7-13(8-15(9-14)25-2)17-21-22-18(26-17)20-16(23)12-5-3-11(10-19)4-6-12/h3-9H,1-2H3,(H,20,22,23). The van der Waals surface area contributed by atoms with Gasteiger partial charge in [0.2, 0.25) is 5.89 Å². The number of anilines is 1. The van der Waals surface area contributed by atoms with Crippen LogP contribution in [-0.4, -0.2) is 30.3 Å². The summed E-state index contributed by atoms with van der Waals surface area (Å²) in [7, 11) is 3.07. The Hall–Kier alpha value is -3.86. The van der Waals surface area contributed by atoms with Crippen LogP contribution >= 0.6 is 0 Å². The number of ether oxygens (including phenoxy) is 2. The van der Waals surface area contributed by atoms with Crippen molar-refractivity contribution in [2.75, 3.05) is 19.5 Å². The van der Waals surface area contributed by atoms with Crippen molar-refractivity contribution < 1.29 is 18.7 Å². The molecule has 1 amide bonds. The van der Waals surface area contributed by atoms with E-state index in [4.69, 9.17) is 19.2 Å². The van der Waals surface area contributed by atoms with Crippen molar-refractivity contribution in [2.45, 2.75) is 0 Å². The zero-order chi connectivity index (χ0) is 18.5. The van der Waals surface area contributed by atoms with E-state index in [9.17, 15) is 4.79 Å². The topological polar surface area (TPSA) is 110 Å². The Bertz CT molecular complexity index is 951. The number of nitriles is 1. The number of hydrogen-bond donors (Lipinski definition) is 1. The SMILES string of the molecule is COc1cc(OC)cc(-c2nnc(NC(=O)c3ccc(C#N)cc3)o2)c1. The van der Waals surface area contributed by atoms with Crippen LogP contribution in [0.5, 0.6) is 11.5 Å². The number of hydrogen-bond acceptors (Lipinski definition) is 7. The predicted molar refractivity (Wildman–Crippen MR) is 91.9 cm³/mol. The van der Waals surface area contributed by atoms with E-state index >= 15 is 0 Å². The second kappa shape index (κ2) is 7.36. The second-order valence-electron chi connectivity index (χ2n) is 5.16. The van der Waals surface area contributed by atoms with E-state index in [1.807, 2.05) is 6.07 Å². The molecule has 0 saturated carbocycles. The lowest BCUT2D eigenvalue weighted by molar-refractivity contribution is 0.102. The molecule has 26 heavy (non-hydrogen) atoms. The summed E-state index contributed by atoms with van der Waals surface area (Å²) < 4.78 is 15.9. The van der Waals surface area contributed by atoms with Crippen LogP contribution in [0.15, 0.2) is 46.9 Å². The first kappa shape index (κ1) is 17.0. The number of aromatic nitrogens is 2. The lowest BCUT2D eigenvalue weighted by atomic mass is 10.1. The van der Waals surface area contributed by atoms with Gasteiger partial charge in [-0.15, -0.1) is 5.10 Å². The Balaban J connectivity index is 1.79. The first-order valence-corrected chi connectivity index (χ1v) is 7.51. The van der Waals surface area contributed by atoms with Gasteiger partial charge in [-0.05, 0) is 36.4 Å². The molecule has 3 aromatic rings. The van der Waals surface area contributed by atoms with Crippen molar-refractivity contribution in [3.63, 3.8) is 0 Å². The third-order valence-electron chi connectivity index (χ3n) is 3.52. The number of nitrogens with zero attached hydrogens (tertiary/aromatic N) is 3. The number of carbonyl (C=O) groups is 1. The summed E-state index contributed by atoms with van der Waals surface area (Å²) >= 11 is 0. The van der Waals surface area contributed by atoms with E-state index in [2.05, 4.69) is 15.5 Å². The maximum atomic E-state index is 12.2. The Morgan fingerprint density at radius 2 is 1.73 bits per heavy atom. The van der Waals surface area contributed by atoms with Crippen molar-refractivity contribution in [1.29, 1.82) is 5.26 Å². The summed E-state index contributed by atoms with van der Waals surface area (Å²) in [5.41, 5.74) is 1.42. The molecule has 0 unspecified atom stereocenters. The molecule has 0 radical (unpaired) electrons. The Morgan fingerprint density at radius 1 is 1.08 bits per heavy atom. The average Bonchev–Trinajstić information content (AvgIpc) is 3.16. The Kier molecular flexibility index (Phi) is 4.80. The zero-order valence-corrected chi connectivity index (χ0v) is 14.0. The van der Waals surface area contributed by atoms with Crippen molar-refractivity contribution in [3.05, 3.63) is 53.6 Å². The molecule has 0 bridgehead atoms. The molecule has 2 aromatic carbocycles. The summed E-state index contributed by atoms with van der Waals surface area (Å²) in [4.78, 5) is 12.2. The summed E-state index contributed by atoms with van der Waals surface area (Å²) in [6, 6.07) is 13.3. The maximum Gasteiger partial charge on any atom is 0.322 e. The first-order chi connectivity index (χ1) is 12.6. The molecular weight excluding hydrogens is 336 g/mol. The van der Waals surface area contributed by atoms with E-state index in [-0.39, 0.29) is 11.9 Å². The molecule has 3 rings (SSSR count). The van der Waals surface area contributed by atoms with E-state index in [0.29, 0.717) is 28.2 Å².